The van der Waals surface area contributed by atoms with E-state index in [1.54, 1.807) is 11.8 Å². The molecule has 7 heteroatoms. The van der Waals surface area contributed by atoms with Gasteiger partial charge in [0.05, 0.1) is 12.7 Å². The van der Waals surface area contributed by atoms with Crippen LogP contribution in [-0.2, 0) is 19.1 Å². The first kappa shape index (κ1) is 14.3. The zero-order chi connectivity index (χ0) is 12.5. The largest absolute Gasteiger partial charge is 0.480 e. The van der Waals surface area contributed by atoms with Crippen molar-refractivity contribution in [2.45, 2.75) is 25.0 Å². The molecule has 0 spiro atoms. The molecule has 1 fully saturated rings. The van der Waals surface area contributed by atoms with E-state index in [-0.39, 0.29) is 6.10 Å². The minimum Gasteiger partial charge on any atom is -0.480 e. The number of amides is 1. The Kier molecular flexibility index (Phi) is 6.99. The molecule has 0 aromatic heterocycles. The van der Waals surface area contributed by atoms with E-state index in [1.165, 1.54) is 0 Å². The van der Waals surface area contributed by atoms with Gasteiger partial charge in [-0.15, -0.1) is 0 Å². The van der Waals surface area contributed by atoms with E-state index in [0.29, 0.717) is 25.4 Å². The first-order valence-electron chi connectivity index (χ1n) is 5.43. The van der Waals surface area contributed by atoms with Crippen LogP contribution in [0.2, 0.25) is 0 Å². The Bertz CT molecular complexity index is 245. The Hall–Kier alpha value is -0.790. The average molecular weight is 263 g/mol. The molecule has 2 N–H and O–H groups in total. The third kappa shape index (κ3) is 5.90. The Labute approximate surface area is 104 Å². The summed E-state index contributed by atoms with van der Waals surface area (Å²) in [5.41, 5.74) is 0. The van der Waals surface area contributed by atoms with E-state index in [1.807, 2.05) is 0 Å². The molecule has 0 radical (unpaired) electrons. The highest BCUT2D eigenvalue weighted by Crippen LogP contribution is 2.14. The van der Waals surface area contributed by atoms with E-state index in [9.17, 15) is 9.59 Å². The van der Waals surface area contributed by atoms with E-state index in [2.05, 4.69) is 5.32 Å². The first-order chi connectivity index (χ1) is 8.24. The van der Waals surface area contributed by atoms with Gasteiger partial charge in [-0.25, -0.2) is 4.79 Å². The van der Waals surface area contributed by atoms with Crippen LogP contribution in [0.4, 0.5) is 0 Å². The molecule has 1 saturated heterocycles. The van der Waals surface area contributed by atoms with Gasteiger partial charge in [-0.2, -0.15) is 11.8 Å². The highest BCUT2D eigenvalue weighted by atomic mass is 32.2. The van der Waals surface area contributed by atoms with Crippen molar-refractivity contribution in [3.63, 3.8) is 0 Å². The van der Waals surface area contributed by atoms with Gasteiger partial charge in [0.25, 0.3) is 0 Å². The van der Waals surface area contributed by atoms with Crippen molar-refractivity contribution >= 4 is 24.1 Å². The van der Waals surface area contributed by atoms with Crippen LogP contribution < -0.4 is 5.32 Å². The fraction of sp³-hybridized carbons (Fsp3) is 0.800. The van der Waals surface area contributed by atoms with E-state index in [0.717, 1.165) is 18.8 Å². The third-order valence-corrected chi connectivity index (χ3v) is 3.53. The summed E-state index contributed by atoms with van der Waals surface area (Å²) >= 11 is 1.63. The van der Waals surface area contributed by atoms with Crippen molar-refractivity contribution in [1.82, 2.24) is 5.32 Å². The predicted octanol–water partition coefficient (Wildman–Crippen LogP) is 0.0719. The molecule has 0 aromatic carbocycles. The second-order valence-corrected chi connectivity index (χ2v) is 4.79. The highest BCUT2D eigenvalue weighted by molar-refractivity contribution is 7.99. The van der Waals surface area contributed by atoms with Crippen LogP contribution >= 0.6 is 11.8 Å². The van der Waals surface area contributed by atoms with Crippen LogP contribution in [0.15, 0.2) is 0 Å². The maximum Gasteiger partial charge on any atom is 0.326 e. The van der Waals surface area contributed by atoms with E-state index >= 15 is 0 Å². The van der Waals surface area contributed by atoms with Crippen LogP contribution in [0.25, 0.3) is 0 Å². The summed E-state index contributed by atoms with van der Waals surface area (Å²) in [4.78, 5) is 20.9. The van der Waals surface area contributed by atoms with Crippen molar-refractivity contribution in [3.05, 3.63) is 0 Å². The second kappa shape index (κ2) is 8.32. The van der Waals surface area contributed by atoms with Gasteiger partial charge in [-0.3, -0.25) is 4.79 Å². The number of thioether (sulfide) groups is 1. The van der Waals surface area contributed by atoms with Gasteiger partial charge in [0, 0.05) is 5.75 Å². The molecule has 2 unspecified atom stereocenters. The van der Waals surface area contributed by atoms with Gasteiger partial charge >= 0.3 is 5.97 Å². The fourth-order valence-electron chi connectivity index (χ4n) is 1.41. The lowest BCUT2D eigenvalue weighted by Gasteiger charge is -2.22. The summed E-state index contributed by atoms with van der Waals surface area (Å²) in [6.45, 7) is 1.06. The molecule has 2 atom stereocenters. The molecule has 0 bridgehead atoms. The molecular formula is C10H17NO5S. The fourth-order valence-corrected chi connectivity index (χ4v) is 2.50. The molecule has 1 amide bonds. The first-order valence-corrected chi connectivity index (χ1v) is 6.59. The Morgan fingerprint density at radius 1 is 1.65 bits per heavy atom. The number of ether oxygens (including phenoxy) is 2. The number of carboxylic acids is 1. The molecule has 1 aliphatic rings. The molecule has 17 heavy (non-hydrogen) atoms. The van der Waals surface area contributed by atoms with Crippen LogP contribution in [0.1, 0.15) is 12.8 Å². The van der Waals surface area contributed by atoms with Gasteiger partial charge in [-0.05, 0) is 18.6 Å². The number of carboxylic acid groups (broad SMARTS) is 1. The quantitative estimate of drug-likeness (QED) is 0.476. The molecule has 1 rings (SSSR count). The zero-order valence-electron chi connectivity index (χ0n) is 9.46. The summed E-state index contributed by atoms with van der Waals surface area (Å²) in [5, 5.41) is 11.1. The third-order valence-electron chi connectivity index (χ3n) is 2.39. The lowest BCUT2D eigenvalue weighted by molar-refractivity contribution is -0.140. The van der Waals surface area contributed by atoms with Gasteiger partial charge in [0.1, 0.15) is 12.8 Å². The van der Waals surface area contributed by atoms with Crippen molar-refractivity contribution in [1.29, 1.82) is 0 Å². The minimum absolute atomic E-state index is 0.191. The smallest absolute Gasteiger partial charge is 0.326 e. The number of carbonyl (C=O) groups excluding carboxylic acids is 1. The predicted molar refractivity (Wildman–Crippen MR) is 62.9 cm³/mol. The molecule has 98 valence electrons. The molecule has 1 aliphatic heterocycles. The standard InChI is InChI=1S/C10H17NO5S/c12-6-11-9(10(13)14)2-4-17-5-8-1-3-15-7-16-8/h6,8-9H,1-5,7H2,(H,11,12)(H,13,14). The van der Waals surface area contributed by atoms with Gasteiger partial charge in [-0.1, -0.05) is 0 Å². The van der Waals surface area contributed by atoms with Crippen molar-refractivity contribution in [2.75, 3.05) is 24.9 Å². The van der Waals surface area contributed by atoms with Crippen molar-refractivity contribution in [2.24, 2.45) is 0 Å². The molecule has 6 nitrogen and oxygen atoms in total. The van der Waals surface area contributed by atoms with E-state index in [4.69, 9.17) is 14.6 Å². The van der Waals surface area contributed by atoms with Gasteiger partial charge in [0.15, 0.2) is 0 Å². The normalized spacial score (nSPS) is 21.8. The summed E-state index contributed by atoms with van der Waals surface area (Å²) < 4.78 is 10.4. The summed E-state index contributed by atoms with van der Waals surface area (Å²) in [7, 11) is 0. The zero-order valence-corrected chi connectivity index (χ0v) is 10.3. The number of carbonyl (C=O) groups is 2. The molecule has 1 heterocycles. The summed E-state index contributed by atoms with van der Waals surface area (Å²) in [5.74, 6) is 0.509. The maximum atomic E-state index is 10.7. The average Bonchev–Trinajstić information content (AvgIpc) is 2.34. The maximum absolute atomic E-state index is 10.7. The van der Waals surface area contributed by atoms with E-state index < -0.39 is 12.0 Å². The molecular weight excluding hydrogens is 246 g/mol. The van der Waals surface area contributed by atoms with Crippen LogP contribution in [0.3, 0.4) is 0 Å². The number of hydrogen-bond donors (Lipinski definition) is 2. The Balaban J connectivity index is 2.08. The number of hydrogen-bond acceptors (Lipinski definition) is 5. The van der Waals surface area contributed by atoms with Crippen LogP contribution in [0.5, 0.6) is 0 Å². The lowest BCUT2D eigenvalue weighted by Crippen LogP contribution is -2.36. The second-order valence-electron chi connectivity index (χ2n) is 3.64. The van der Waals surface area contributed by atoms with Crippen molar-refractivity contribution < 1.29 is 24.2 Å². The monoisotopic (exact) mass is 263 g/mol. The summed E-state index contributed by atoms with van der Waals surface area (Å²) in [6.07, 6.45) is 1.91. The molecule has 0 aliphatic carbocycles. The van der Waals surface area contributed by atoms with Crippen LogP contribution in [-0.4, -0.2) is 54.5 Å². The minimum atomic E-state index is -1.000. The number of aliphatic carboxylic acids is 1. The topological polar surface area (TPSA) is 84.9 Å². The molecule has 0 aromatic rings. The Morgan fingerprint density at radius 3 is 3.06 bits per heavy atom. The SMILES string of the molecule is O=CNC(CCSCC1CCOCO1)C(=O)O. The Morgan fingerprint density at radius 2 is 2.47 bits per heavy atom. The van der Waals surface area contributed by atoms with Gasteiger partial charge < -0.3 is 19.9 Å². The van der Waals surface area contributed by atoms with Crippen molar-refractivity contribution in [3.8, 4) is 0 Å². The summed E-state index contributed by atoms with van der Waals surface area (Å²) in [6, 6.07) is -0.796. The number of rotatable bonds is 8. The van der Waals surface area contributed by atoms with Gasteiger partial charge in [0.2, 0.25) is 6.41 Å². The highest BCUT2D eigenvalue weighted by Gasteiger charge is 2.17. The van der Waals surface area contributed by atoms with Crippen LogP contribution in [0, 0.1) is 0 Å². The molecule has 0 saturated carbocycles. The number of nitrogens with one attached hydrogen (secondary N) is 1. The lowest BCUT2D eigenvalue weighted by atomic mass is 10.2.